The highest BCUT2D eigenvalue weighted by Crippen LogP contribution is 2.18. The lowest BCUT2D eigenvalue weighted by atomic mass is 10.2. The lowest BCUT2D eigenvalue weighted by molar-refractivity contribution is 0.588. The van der Waals surface area contributed by atoms with Crippen molar-refractivity contribution in [2.24, 2.45) is 0 Å². The quantitative estimate of drug-likeness (QED) is 0.682. The van der Waals surface area contributed by atoms with Crippen molar-refractivity contribution >= 4 is 17.2 Å². The van der Waals surface area contributed by atoms with E-state index in [2.05, 4.69) is 4.98 Å². The summed E-state index contributed by atoms with van der Waals surface area (Å²) in [6, 6.07) is 6.03. The molecule has 0 saturated heterocycles. The van der Waals surface area contributed by atoms with Crippen LogP contribution in [0, 0.1) is 6.92 Å². The molecular formula is C12H13NO. The van der Waals surface area contributed by atoms with Crippen molar-refractivity contribution in [3.63, 3.8) is 0 Å². The van der Waals surface area contributed by atoms with Gasteiger partial charge in [-0.2, -0.15) is 0 Å². The molecule has 14 heavy (non-hydrogen) atoms. The highest BCUT2D eigenvalue weighted by atomic mass is 16.3. The number of benzene rings is 1. The van der Waals surface area contributed by atoms with Crippen LogP contribution in [-0.2, 0) is 0 Å². The van der Waals surface area contributed by atoms with Gasteiger partial charge in [-0.1, -0.05) is 11.6 Å². The average molecular weight is 187 g/mol. The van der Waals surface area contributed by atoms with Gasteiger partial charge >= 0.3 is 0 Å². The summed E-state index contributed by atoms with van der Waals surface area (Å²) in [7, 11) is 0. The Balaban J connectivity index is 2.57. The first-order chi connectivity index (χ1) is 6.65. The second-order valence-corrected chi connectivity index (χ2v) is 3.74. The number of nitrogens with zero attached hydrogens (tertiary/aromatic N) is 1. The lowest BCUT2D eigenvalue weighted by Gasteiger charge is -1.87. The molecule has 0 aliphatic carbocycles. The molecule has 0 bridgehead atoms. The highest BCUT2D eigenvalue weighted by Gasteiger charge is 2.02. The Hall–Kier alpha value is -1.57. The zero-order valence-corrected chi connectivity index (χ0v) is 8.66. The number of oxazole rings is 1. The molecule has 0 aliphatic rings. The number of rotatable bonds is 1. The van der Waals surface area contributed by atoms with E-state index in [9.17, 15) is 0 Å². The van der Waals surface area contributed by atoms with E-state index in [-0.39, 0.29) is 0 Å². The van der Waals surface area contributed by atoms with E-state index >= 15 is 0 Å². The van der Waals surface area contributed by atoms with Gasteiger partial charge in [-0.25, -0.2) is 4.98 Å². The molecule has 0 saturated carbocycles. The number of fused-ring (bicyclic) bond motifs is 1. The van der Waals surface area contributed by atoms with Crippen LogP contribution in [0.1, 0.15) is 25.3 Å². The maximum Gasteiger partial charge on any atom is 0.219 e. The largest absolute Gasteiger partial charge is 0.437 e. The first kappa shape index (κ1) is 9.00. The number of hydrogen-bond acceptors (Lipinski definition) is 2. The van der Waals surface area contributed by atoms with E-state index in [4.69, 9.17) is 4.42 Å². The zero-order chi connectivity index (χ0) is 10.1. The van der Waals surface area contributed by atoms with Crippen molar-refractivity contribution < 1.29 is 4.42 Å². The monoisotopic (exact) mass is 187 g/mol. The molecular weight excluding hydrogens is 174 g/mol. The summed E-state index contributed by atoms with van der Waals surface area (Å²) >= 11 is 0. The van der Waals surface area contributed by atoms with E-state index < -0.39 is 0 Å². The van der Waals surface area contributed by atoms with Gasteiger partial charge in [-0.15, -0.1) is 0 Å². The second kappa shape index (κ2) is 3.29. The molecule has 0 amide bonds. The molecule has 1 aromatic heterocycles. The van der Waals surface area contributed by atoms with Crippen LogP contribution in [0.25, 0.3) is 17.2 Å². The minimum Gasteiger partial charge on any atom is -0.437 e. The van der Waals surface area contributed by atoms with Crippen LogP contribution >= 0.6 is 0 Å². The summed E-state index contributed by atoms with van der Waals surface area (Å²) in [5.74, 6) is 0.686. The van der Waals surface area contributed by atoms with Crippen LogP contribution in [0.15, 0.2) is 28.2 Å². The molecule has 0 aliphatic heterocycles. The predicted molar refractivity (Wildman–Crippen MR) is 58.1 cm³/mol. The molecule has 1 aromatic carbocycles. The minimum absolute atomic E-state index is 0.686. The molecule has 2 heteroatoms. The molecule has 0 fully saturated rings. The molecule has 0 spiro atoms. The van der Waals surface area contributed by atoms with E-state index in [1.807, 2.05) is 45.0 Å². The van der Waals surface area contributed by atoms with E-state index in [1.165, 1.54) is 11.1 Å². The average Bonchev–Trinajstić information content (AvgIpc) is 2.44. The topological polar surface area (TPSA) is 26.0 Å². The summed E-state index contributed by atoms with van der Waals surface area (Å²) < 4.78 is 5.57. The summed E-state index contributed by atoms with van der Waals surface area (Å²) in [4.78, 5) is 4.35. The molecule has 72 valence electrons. The van der Waals surface area contributed by atoms with Crippen LogP contribution in [0.2, 0.25) is 0 Å². The van der Waals surface area contributed by atoms with Crippen LogP contribution in [0.4, 0.5) is 0 Å². The first-order valence-electron chi connectivity index (χ1n) is 4.67. The number of aryl methyl sites for hydroxylation is 1. The van der Waals surface area contributed by atoms with E-state index in [0.717, 1.165) is 11.1 Å². The molecule has 2 aromatic rings. The van der Waals surface area contributed by atoms with Gasteiger partial charge in [0.15, 0.2) is 5.58 Å². The van der Waals surface area contributed by atoms with Crippen molar-refractivity contribution in [2.75, 3.05) is 0 Å². The normalized spacial score (nSPS) is 10.5. The molecule has 0 radical (unpaired) electrons. The van der Waals surface area contributed by atoms with Gasteiger partial charge in [0, 0.05) is 0 Å². The van der Waals surface area contributed by atoms with Crippen molar-refractivity contribution in [3.05, 3.63) is 35.2 Å². The van der Waals surface area contributed by atoms with Crippen molar-refractivity contribution in [1.29, 1.82) is 0 Å². The third kappa shape index (κ3) is 1.69. The number of aromatic nitrogens is 1. The van der Waals surface area contributed by atoms with Crippen LogP contribution in [0.5, 0.6) is 0 Å². The summed E-state index contributed by atoms with van der Waals surface area (Å²) in [6.45, 7) is 6.10. The van der Waals surface area contributed by atoms with Gasteiger partial charge in [0.2, 0.25) is 5.89 Å². The smallest absolute Gasteiger partial charge is 0.219 e. The Morgan fingerprint density at radius 3 is 2.86 bits per heavy atom. The van der Waals surface area contributed by atoms with Gasteiger partial charge in [0.25, 0.3) is 0 Å². The fourth-order valence-electron chi connectivity index (χ4n) is 1.36. The first-order valence-corrected chi connectivity index (χ1v) is 4.67. The Bertz CT molecular complexity index is 490. The molecule has 0 N–H and O–H groups in total. The SMILES string of the molecule is CC(C)=Cc1nc2ccc(C)cc2o1. The number of allylic oxidation sites excluding steroid dienone is 1. The van der Waals surface area contributed by atoms with Crippen molar-refractivity contribution in [3.8, 4) is 0 Å². The summed E-state index contributed by atoms with van der Waals surface area (Å²) in [5.41, 5.74) is 4.16. The molecule has 2 nitrogen and oxygen atoms in total. The van der Waals surface area contributed by atoms with Crippen LogP contribution in [-0.4, -0.2) is 4.98 Å². The van der Waals surface area contributed by atoms with Gasteiger partial charge in [0.1, 0.15) is 5.52 Å². The fourth-order valence-corrected chi connectivity index (χ4v) is 1.36. The van der Waals surface area contributed by atoms with Crippen LogP contribution < -0.4 is 0 Å². The third-order valence-corrected chi connectivity index (χ3v) is 1.97. The predicted octanol–water partition coefficient (Wildman–Crippen LogP) is 3.56. The zero-order valence-electron chi connectivity index (χ0n) is 8.66. The fraction of sp³-hybridized carbons (Fsp3) is 0.250. The Kier molecular flexibility index (Phi) is 2.12. The summed E-state index contributed by atoms with van der Waals surface area (Å²) in [6.07, 6.45) is 1.94. The Labute approximate surface area is 83.3 Å². The van der Waals surface area contributed by atoms with Crippen LogP contribution in [0.3, 0.4) is 0 Å². The lowest BCUT2D eigenvalue weighted by Crippen LogP contribution is -1.71. The van der Waals surface area contributed by atoms with E-state index in [0.29, 0.717) is 5.89 Å². The molecule has 0 unspecified atom stereocenters. The highest BCUT2D eigenvalue weighted by molar-refractivity contribution is 5.74. The van der Waals surface area contributed by atoms with Gasteiger partial charge in [-0.3, -0.25) is 0 Å². The Morgan fingerprint density at radius 2 is 2.14 bits per heavy atom. The van der Waals surface area contributed by atoms with Gasteiger partial charge in [-0.05, 0) is 44.5 Å². The van der Waals surface area contributed by atoms with Crippen molar-refractivity contribution in [2.45, 2.75) is 20.8 Å². The van der Waals surface area contributed by atoms with Gasteiger partial charge in [0.05, 0.1) is 0 Å². The standard InChI is InChI=1S/C12H13NO/c1-8(2)6-12-13-10-5-4-9(3)7-11(10)14-12/h4-7H,1-3H3. The Morgan fingerprint density at radius 1 is 1.36 bits per heavy atom. The molecule has 1 heterocycles. The maximum atomic E-state index is 5.57. The second-order valence-electron chi connectivity index (χ2n) is 3.74. The summed E-state index contributed by atoms with van der Waals surface area (Å²) in [5, 5.41) is 0. The third-order valence-electron chi connectivity index (χ3n) is 1.97. The molecule has 0 atom stereocenters. The number of hydrogen-bond donors (Lipinski definition) is 0. The maximum absolute atomic E-state index is 5.57. The van der Waals surface area contributed by atoms with E-state index in [1.54, 1.807) is 0 Å². The molecule has 2 rings (SSSR count). The van der Waals surface area contributed by atoms with Crippen molar-refractivity contribution in [1.82, 2.24) is 4.98 Å². The minimum atomic E-state index is 0.686. The van der Waals surface area contributed by atoms with Gasteiger partial charge < -0.3 is 4.42 Å².